The van der Waals surface area contributed by atoms with Crippen LogP contribution in [0.4, 0.5) is 15.8 Å². The fraction of sp³-hybridized carbons (Fsp3) is 0. The molecule has 2 amide bonds. The van der Waals surface area contributed by atoms with Crippen molar-refractivity contribution in [1.29, 1.82) is 0 Å². The van der Waals surface area contributed by atoms with Gasteiger partial charge in [0.2, 0.25) is 0 Å². The minimum Gasteiger partial charge on any atom is -0.478 e. The van der Waals surface area contributed by atoms with Crippen LogP contribution in [0.2, 0.25) is 0 Å². The second-order valence-electron chi connectivity index (χ2n) is 5.85. The van der Waals surface area contributed by atoms with Crippen molar-refractivity contribution in [1.82, 2.24) is 0 Å². The number of rotatable bonds is 5. The molecule has 0 heterocycles. The molecule has 140 valence electrons. The third-order valence-corrected chi connectivity index (χ3v) is 3.89. The largest absolute Gasteiger partial charge is 0.478 e. The Hall–Kier alpha value is -4.00. The second-order valence-corrected chi connectivity index (χ2v) is 5.85. The maximum Gasteiger partial charge on any atom is 0.336 e. The van der Waals surface area contributed by atoms with Crippen LogP contribution in [0, 0.1) is 5.82 Å². The smallest absolute Gasteiger partial charge is 0.336 e. The Balaban J connectivity index is 1.76. The van der Waals surface area contributed by atoms with Crippen LogP contribution in [0.5, 0.6) is 0 Å². The molecular weight excluding hydrogens is 363 g/mol. The molecule has 7 heteroatoms. The second kappa shape index (κ2) is 8.13. The molecule has 3 aromatic carbocycles. The number of hydrogen-bond donors (Lipinski definition) is 3. The molecule has 0 aliphatic rings. The van der Waals surface area contributed by atoms with Gasteiger partial charge in [-0.2, -0.15) is 0 Å². The lowest BCUT2D eigenvalue weighted by Gasteiger charge is -2.10. The van der Waals surface area contributed by atoms with Gasteiger partial charge < -0.3 is 15.7 Å². The first-order valence-corrected chi connectivity index (χ1v) is 8.25. The number of anilines is 2. The lowest BCUT2D eigenvalue weighted by atomic mass is 10.1. The van der Waals surface area contributed by atoms with E-state index < -0.39 is 23.6 Å². The molecule has 0 aromatic heterocycles. The van der Waals surface area contributed by atoms with E-state index in [1.165, 1.54) is 48.5 Å². The van der Waals surface area contributed by atoms with Crippen molar-refractivity contribution in [2.75, 3.05) is 10.6 Å². The SMILES string of the molecule is O=C(Nc1ccc(F)cc1)c1cccc(NC(=O)c2ccccc2C(=O)O)c1. The van der Waals surface area contributed by atoms with E-state index in [2.05, 4.69) is 10.6 Å². The van der Waals surface area contributed by atoms with E-state index in [-0.39, 0.29) is 16.7 Å². The van der Waals surface area contributed by atoms with Crippen LogP contribution in [0.1, 0.15) is 31.1 Å². The highest BCUT2D eigenvalue weighted by atomic mass is 19.1. The van der Waals surface area contributed by atoms with E-state index in [9.17, 15) is 23.9 Å². The van der Waals surface area contributed by atoms with Crippen molar-refractivity contribution in [2.45, 2.75) is 0 Å². The first-order chi connectivity index (χ1) is 13.4. The van der Waals surface area contributed by atoms with Gasteiger partial charge in [0.1, 0.15) is 5.82 Å². The van der Waals surface area contributed by atoms with E-state index >= 15 is 0 Å². The van der Waals surface area contributed by atoms with Gasteiger partial charge in [-0.15, -0.1) is 0 Å². The Labute approximate surface area is 159 Å². The van der Waals surface area contributed by atoms with Gasteiger partial charge in [-0.25, -0.2) is 9.18 Å². The number of hydrogen-bond acceptors (Lipinski definition) is 3. The van der Waals surface area contributed by atoms with Gasteiger partial charge in [-0.05, 0) is 54.6 Å². The summed E-state index contributed by atoms with van der Waals surface area (Å²) in [5.74, 6) is -2.66. The molecule has 0 aliphatic heterocycles. The average Bonchev–Trinajstić information content (AvgIpc) is 2.70. The Kier molecular flexibility index (Phi) is 5.45. The maximum atomic E-state index is 13.0. The zero-order valence-corrected chi connectivity index (χ0v) is 14.5. The molecule has 3 aromatic rings. The number of benzene rings is 3. The Morgan fingerprint density at radius 3 is 2.04 bits per heavy atom. The van der Waals surface area contributed by atoms with Crippen molar-refractivity contribution in [2.24, 2.45) is 0 Å². The quantitative estimate of drug-likeness (QED) is 0.625. The Morgan fingerprint density at radius 1 is 0.714 bits per heavy atom. The minimum absolute atomic E-state index is 0.0103. The molecule has 0 fully saturated rings. The van der Waals surface area contributed by atoms with Crippen LogP contribution in [-0.4, -0.2) is 22.9 Å². The van der Waals surface area contributed by atoms with Crippen LogP contribution < -0.4 is 10.6 Å². The van der Waals surface area contributed by atoms with Gasteiger partial charge in [-0.3, -0.25) is 9.59 Å². The maximum absolute atomic E-state index is 13.0. The number of halogens is 1. The zero-order chi connectivity index (χ0) is 20.1. The minimum atomic E-state index is -1.21. The molecule has 0 saturated heterocycles. The van der Waals surface area contributed by atoms with E-state index in [1.807, 2.05) is 0 Å². The summed E-state index contributed by atoms with van der Waals surface area (Å²) in [4.78, 5) is 36.0. The fourth-order valence-electron chi connectivity index (χ4n) is 2.54. The van der Waals surface area contributed by atoms with Crippen molar-refractivity contribution in [3.05, 3.63) is 95.3 Å². The third-order valence-electron chi connectivity index (χ3n) is 3.89. The van der Waals surface area contributed by atoms with Crippen molar-refractivity contribution in [3.8, 4) is 0 Å². The normalized spacial score (nSPS) is 10.2. The Bertz CT molecular complexity index is 1050. The summed E-state index contributed by atoms with van der Waals surface area (Å²) in [6.45, 7) is 0. The highest BCUT2D eigenvalue weighted by molar-refractivity contribution is 6.11. The number of aromatic carboxylic acids is 1. The molecule has 0 aliphatic carbocycles. The number of carboxylic acid groups (broad SMARTS) is 1. The molecule has 0 radical (unpaired) electrons. The summed E-state index contributed by atoms with van der Waals surface area (Å²) < 4.78 is 13.0. The summed E-state index contributed by atoms with van der Waals surface area (Å²) >= 11 is 0. The van der Waals surface area contributed by atoms with Crippen LogP contribution in [0.25, 0.3) is 0 Å². The molecular formula is C21H15FN2O4. The van der Waals surface area contributed by atoms with Crippen LogP contribution in [-0.2, 0) is 0 Å². The Morgan fingerprint density at radius 2 is 1.36 bits per heavy atom. The number of carboxylic acids is 1. The molecule has 0 unspecified atom stereocenters. The summed E-state index contributed by atoms with van der Waals surface area (Å²) in [6, 6.07) is 17.3. The van der Waals surface area contributed by atoms with Gasteiger partial charge in [0.25, 0.3) is 11.8 Å². The summed E-state index contributed by atoms with van der Waals surface area (Å²) in [6.07, 6.45) is 0. The van der Waals surface area contributed by atoms with E-state index in [1.54, 1.807) is 24.3 Å². The monoisotopic (exact) mass is 378 g/mol. The summed E-state index contributed by atoms with van der Waals surface area (Å²) in [5.41, 5.74) is 0.920. The van der Waals surface area contributed by atoms with Gasteiger partial charge in [0, 0.05) is 16.9 Å². The molecule has 3 rings (SSSR count). The van der Waals surface area contributed by atoms with Crippen molar-refractivity contribution < 1.29 is 23.9 Å². The predicted molar refractivity (Wildman–Crippen MR) is 102 cm³/mol. The lowest BCUT2D eigenvalue weighted by Crippen LogP contribution is -2.17. The first-order valence-electron chi connectivity index (χ1n) is 8.25. The topological polar surface area (TPSA) is 95.5 Å². The number of carbonyl (C=O) groups is 3. The molecule has 6 nitrogen and oxygen atoms in total. The molecule has 0 spiro atoms. The summed E-state index contributed by atoms with van der Waals surface area (Å²) in [5, 5.41) is 14.4. The fourth-order valence-corrected chi connectivity index (χ4v) is 2.54. The third kappa shape index (κ3) is 4.39. The van der Waals surface area contributed by atoms with E-state index in [0.29, 0.717) is 11.4 Å². The van der Waals surface area contributed by atoms with Crippen LogP contribution in [0.15, 0.2) is 72.8 Å². The van der Waals surface area contributed by atoms with E-state index in [0.717, 1.165) is 0 Å². The van der Waals surface area contributed by atoms with Crippen LogP contribution in [0.3, 0.4) is 0 Å². The lowest BCUT2D eigenvalue weighted by molar-refractivity contribution is 0.0692. The van der Waals surface area contributed by atoms with Crippen molar-refractivity contribution in [3.63, 3.8) is 0 Å². The molecule has 3 N–H and O–H groups in total. The predicted octanol–water partition coefficient (Wildman–Crippen LogP) is 4.03. The molecule has 0 saturated carbocycles. The zero-order valence-electron chi connectivity index (χ0n) is 14.5. The molecule has 28 heavy (non-hydrogen) atoms. The molecule has 0 bridgehead atoms. The van der Waals surface area contributed by atoms with Gasteiger partial charge in [0.15, 0.2) is 0 Å². The highest BCUT2D eigenvalue weighted by Crippen LogP contribution is 2.16. The van der Waals surface area contributed by atoms with E-state index in [4.69, 9.17) is 0 Å². The number of carbonyl (C=O) groups excluding carboxylic acids is 2. The van der Waals surface area contributed by atoms with Gasteiger partial charge >= 0.3 is 5.97 Å². The number of amides is 2. The van der Waals surface area contributed by atoms with Gasteiger partial charge in [-0.1, -0.05) is 18.2 Å². The van der Waals surface area contributed by atoms with Crippen molar-refractivity contribution >= 4 is 29.2 Å². The highest BCUT2D eigenvalue weighted by Gasteiger charge is 2.16. The summed E-state index contributed by atoms with van der Waals surface area (Å²) in [7, 11) is 0. The van der Waals surface area contributed by atoms with Crippen LogP contribution >= 0.6 is 0 Å². The number of nitrogens with one attached hydrogen (secondary N) is 2. The first kappa shape index (κ1) is 18.8. The molecule has 0 atom stereocenters. The van der Waals surface area contributed by atoms with Gasteiger partial charge in [0.05, 0.1) is 11.1 Å². The standard InChI is InChI=1S/C21H15FN2O4/c22-14-8-10-15(11-9-14)23-19(25)13-4-3-5-16(12-13)24-20(26)17-6-1-2-7-18(17)21(27)28/h1-12H,(H,23,25)(H,24,26)(H,27,28). The average molecular weight is 378 g/mol.